The van der Waals surface area contributed by atoms with Crippen LogP contribution in [0, 0.1) is 19.8 Å². The first-order chi connectivity index (χ1) is 8.06. The largest absolute Gasteiger partial charge is 0.261 e. The zero-order chi connectivity index (χ0) is 13.1. The van der Waals surface area contributed by atoms with Crippen LogP contribution in [0.15, 0.2) is 24.3 Å². The maximum Gasteiger partial charge on any atom is 0.00997 e. The van der Waals surface area contributed by atoms with Crippen molar-refractivity contribution in [1.82, 2.24) is 10.9 Å². The second-order valence-corrected chi connectivity index (χ2v) is 4.87. The molecule has 0 unspecified atom stereocenters. The van der Waals surface area contributed by atoms with Crippen LogP contribution in [-0.4, -0.2) is 13.6 Å². The standard InChI is InChI=1S/C8H10.C7H18N2/c1-7-4-3-5-8(2)6-7;1-7(2)5-4-6-9-8-3/h3-6H,1-2H3;7-9H,4-6H2,1-3H3. The average molecular weight is 236 g/mol. The third-order valence-electron chi connectivity index (χ3n) is 2.43. The van der Waals surface area contributed by atoms with Crippen molar-refractivity contribution >= 4 is 0 Å². The number of rotatable bonds is 5. The van der Waals surface area contributed by atoms with Crippen LogP contribution in [0.5, 0.6) is 0 Å². The summed E-state index contributed by atoms with van der Waals surface area (Å²) < 4.78 is 0. The van der Waals surface area contributed by atoms with E-state index in [1.54, 1.807) is 0 Å². The highest BCUT2D eigenvalue weighted by Crippen LogP contribution is 2.01. The smallest absolute Gasteiger partial charge is 0.00997 e. The zero-order valence-electron chi connectivity index (χ0n) is 12.0. The molecule has 0 aliphatic rings. The van der Waals surface area contributed by atoms with E-state index in [0.717, 1.165) is 12.5 Å². The summed E-state index contributed by atoms with van der Waals surface area (Å²) in [6, 6.07) is 8.45. The Hall–Kier alpha value is -0.860. The molecule has 0 fully saturated rings. The van der Waals surface area contributed by atoms with Crippen molar-refractivity contribution in [3.63, 3.8) is 0 Å². The van der Waals surface area contributed by atoms with Gasteiger partial charge >= 0.3 is 0 Å². The van der Waals surface area contributed by atoms with Gasteiger partial charge in [0.05, 0.1) is 0 Å². The van der Waals surface area contributed by atoms with Crippen molar-refractivity contribution < 1.29 is 0 Å². The minimum Gasteiger partial charge on any atom is -0.261 e. The van der Waals surface area contributed by atoms with Gasteiger partial charge in [-0.25, -0.2) is 0 Å². The lowest BCUT2D eigenvalue weighted by Crippen LogP contribution is -2.28. The lowest BCUT2D eigenvalue weighted by atomic mass is 10.1. The van der Waals surface area contributed by atoms with Gasteiger partial charge in [-0.2, -0.15) is 0 Å². The van der Waals surface area contributed by atoms with Crippen molar-refractivity contribution in [2.75, 3.05) is 13.6 Å². The molecule has 17 heavy (non-hydrogen) atoms. The molecule has 98 valence electrons. The summed E-state index contributed by atoms with van der Waals surface area (Å²) in [5.41, 5.74) is 8.62. The number of hydrazine groups is 1. The Morgan fingerprint density at radius 1 is 1.12 bits per heavy atom. The quantitative estimate of drug-likeness (QED) is 0.604. The highest BCUT2D eigenvalue weighted by molar-refractivity contribution is 5.20. The van der Waals surface area contributed by atoms with Crippen LogP contribution >= 0.6 is 0 Å². The van der Waals surface area contributed by atoms with E-state index in [-0.39, 0.29) is 0 Å². The molecule has 0 spiro atoms. The van der Waals surface area contributed by atoms with Crippen molar-refractivity contribution in [3.05, 3.63) is 35.4 Å². The highest BCUT2D eigenvalue weighted by Gasteiger charge is 1.91. The summed E-state index contributed by atoms with van der Waals surface area (Å²) in [5, 5.41) is 0. The number of aryl methyl sites for hydroxylation is 2. The molecule has 1 rings (SSSR count). The lowest BCUT2D eigenvalue weighted by molar-refractivity contribution is 0.503. The summed E-state index contributed by atoms with van der Waals surface area (Å²) in [4.78, 5) is 0. The van der Waals surface area contributed by atoms with Crippen LogP contribution in [0.25, 0.3) is 0 Å². The third kappa shape index (κ3) is 11.4. The second kappa shape index (κ2) is 10.3. The molecule has 1 aromatic rings. The molecule has 0 bridgehead atoms. The van der Waals surface area contributed by atoms with Gasteiger partial charge in [0.15, 0.2) is 0 Å². The van der Waals surface area contributed by atoms with Gasteiger partial charge in [0.2, 0.25) is 0 Å². The van der Waals surface area contributed by atoms with Gasteiger partial charge in [-0.15, -0.1) is 0 Å². The predicted octanol–water partition coefficient (Wildman–Crippen LogP) is 3.45. The Morgan fingerprint density at radius 3 is 2.06 bits per heavy atom. The molecule has 0 heterocycles. The molecule has 0 atom stereocenters. The second-order valence-electron chi connectivity index (χ2n) is 4.87. The van der Waals surface area contributed by atoms with Gasteiger partial charge in [-0.1, -0.05) is 49.2 Å². The first-order valence-corrected chi connectivity index (χ1v) is 6.49. The van der Waals surface area contributed by atoms with Crippen LogP contribution in [0.1, 0.15) is 37.8 Å². The van der Waals surface area contributed by atoms with E-state index >= 15 is 0 Å². The van der Waals surface area contributed by atoms with Gasteiger partial charge in [-0.05, 0) is 39.7 Å². The molecule has 0 aliphatic heterocycles. The van der Waals surface area contributed by atoms with Gasteiger partial charge in [0, 0.05) is 6.54 Å². The van der Waals surface area contributed by atoms with Crippen molar-refractivity contribution in [2.24, 2.45) is 5.92 Å². The van der Waals surface area contributed by atoms with Crippen LogP contribution in [0.4, 0.5) is 0 Å². The van der Waals surface area contributed by atoms with Crippen molar-refractivity contribution in [2.45, 2.75) is 40.5 Å². The monoisotopic (exact) mass is 236 g/mol. The SMILES string of the molecule is CNNCCCC(C)C.Cc1cccc(C)c1. The molecule has 0 saturated carbocycles. The Labute approximate surface area is 107 Å². The topological polar surface area (TPSA) is 24.1 Å². The molecule has 0 radical (unpaired) electrons. The predicted molar refractivity (Wildman–Crippen MR) is 77.1 cm³/mol. The Kier molecular flexibility index (Phi) is 9.78. The molecule has 0 aliphatic carbocycles. The van der Waals surface area contributed by atoms with Crippen LogP contribution in [-0.2, 0) is 0 Å². The molecule has 2 heteroatoms. The normalized spacial score (nSPS) is 10.0. The fraction of sp³-hybridized carbons (Fsp3) is 0.600. The summed E-state index contributed by atoms with van der Waals surface area (Å²) in [6.45, 7) is 9.79. The first kappa shape index (κ1) is 16.1. The molecule has 0 amide bonds. The summed E-state index contributed by atoms with van der Waals surface area (Å²) in [5.74, 6) is 0.837. The van der Waals surface area contributed by atoms with E-state index in [1.165, 1.54) is 24.0 Å². The van der Waals surface area contributed by atoms with Gasteiger partial charge in [0.25, 0.3) is 0 Å². The summed E-state index contributed by atoms with van der Waals surface area (Å²) >= 11 is 0. The molecular formula is C15H28N2. The summed E-state index contributed by atoms with van der Waals surface area (Å²) in [6.07, 6.45) is 2.58. The maximum absolute atomic E-state index is 3.05. The summed E-state index contributed by atoms with van der Waals surface area (Å²) in [7, 11) is 1.90. The van der Waals surface area contributed by atoms with Gasteiger partial charge < -0.3 is 0 Å². The number of hydrogen-bond acceptors (Lipinski definition) is 2. The van der Waals surface area contributed by atoms with Crippen LogP contribution in [0.2, 0.25) is 0 Å². The molecule has 2 nitrogen and oxygen atoms in total. The van der Waals surface area contributed by atoms with E-state index in [9.17, 15) is 0 Å². The molecule has 0 saturated heterocycles. The van der Waals surface area contributed by atoms with Crippen LogP contribution < -0.4 is 10.9 Å². The van der Waals surface area contributed by atoms with Crippen molar-refractivity contribution in [1.29, 1.82) is 0 Å². The number of benzene rings is 1. The van der Waals surface area contributed by atoms with Crippen molar-refractivity contribution in [3.8, 4) is 0 Å². The van der Waals surface area contributed by atoms with E-state index in [0.29, 0.717) is 0 Å². The fourth-order valence-electron chi connectivity index (χ4n) is 1.53. The van der Waals surface area contributed by atoms with Crippen LogP contribution in [0.3, 0.4) is 0 Å². The van der Waals surface area contributed by atoms with E-state index in [4.69, 9.17) is 0 Å². The maximum atomic E-state index is 3.05. The molecular weight excluding hydrogens is 208 g/mol. The third-order valence-corrected chi connectivity index (χ3v) is 2.43. The lowest BCUT2D eigenvalue weighted by Gasteiger charge is -2.04. The minimum absolute atomic E-state index is 0.837. The Bertz CT molecular complexity index is 265. The Balaban J connectivity index is 0.000000302. The molecule has 0 aromatic heterocycles. The van der Waals surface area contributed by atoms with E-state index in [2.05, 4.69) is 62.8 Å². The average Bonchev–Trinajstić information content (AvgIpc) is 2.25. The van der Waals surface area contributed by atoms with E-state index in [1.807, 2.05) is 7.05 Å². The highest BCUT2D eigenvalue weighted by atomic mass is 15.3. The Morgan fingerprint density at radius 2 is 1.71 bits per heavy atom. The van der Waals surface area contributed by atoms with E-state index < -0.39 is 0 Å². The fourth-order valence-corrected chi connectivity index (χ4v) is 1.53. The van der Waals surface area contributed by atoms with Gasteiger partial charge in [0.1, 0.15) is 0 Å². The first-order valence-electron chi connectivity index (χ1n) is 6.49. The number of hydrogen-bond donors (Lipinski definition) is 2. The number of nitrogens with one attached hydrogen (secondary N) is 2. The van der Waals surface area contributed by atoms with Gasteiger partial charge in [-0.3, -0.25) is 10.9 Å². The molecule has 1 aromatic carbocycles. The minimum atomic E-state index is 0.837. The zero-order valence-corrected chi connectivity index (χ0v) is 12.0. The molecule has 2 N–H and O–H groups in total.